The molecule has 3 N–H and O–H groups in total. The third-order valence-corrected chi connectivity index (χ3v) is 8.53. The van der Waals surface area contributed by atoms with Gasteiger partial charge >= 0.3 is 0 Å². The molecule has 1 aromatic heterocycles. The third-order valence-electron chi connectivity index (χ3n) is 6.60. The Morgan fingerprint density at radius 2 is 1.68 bits per heavy atom. The van der Waals surface area contributed by atoms with E-state index in [4.69, 9.17) is 4.74 Å². The van der Waals surface area contributed by atoms with Gasteiger partial charge in [0.05, 0.1) is 20.9 Å². The van der Waals surface area contributed by atoms with E-state index in [0.717, 1.165) is 38.9 Å². The third kappa shape index (κ3) is 7.98. The van der Waals surface area contributed by atoms with E-state index >= 15 is 0 Å². The number of para-hydroxylation sites is 1. The van der Waals surface area contributed by atoms with Crippen molar-refractivity contribution in [2.45, 2.75) is 13.8 Å². The van der Waals surface area contributed by atoms with Gasteiger partial charge in [0.15, 0.2) is 11.7 Å². The quantitative estimate of drug-likeness (QED) is 0.0987. The molecule has 0 aliphatic carbocycles. The van der Waals surface area contributed by atoms with Crippen LogP contribution in [0.25, 0.3) is 11.3 Å². The summed E-state index contributed by atoms with van der Waals surface area (Å²) in [5.41, 5.74) is 9.29. The minimum Gasteiger partial charge on any atom is -0.481 e. The normalized spacial score (nSPS) is 10.9. The lowest BCUT2D eigenvalue weighted by molar-refractivity contribution is -0.118. The highest BCUT2D eigenvalue weighted by Crippen LogP contribution is 2.34. The van der Waals surface area contributed by atoms with Gasteiger partial charge in [0.25, 0.3) is 11.8 Å². The second-order valence-corrected chi connectivity index (χ2v) is 12.3. The van der Waals surface area contributed by atoms with Crippen LogP contribution >= 0.6 is 43.2 Å². The second-order valence-electron chi connectivity index (χ2n) is 9.70. The smallest absolute Gasteiger partial charge is 0.271 e. The van der Waals surface area contributed by atoms with Gasteiger partial charge in [-0.05, 0) is 105 Å². The Bertz CT molecular complexity index is 1800. The molecule has 0 radical (unpaired) electrons. The van der Waals surface area contributed by atoms with Crippen LogP contribution in [0.2, 0.25) is 0 Å². The molecule has 8 nitrogen and oxygen atoms in total. The van der Waals surface area contributed by atoms with E-state index in [1.54, 1.807) is 24.3 Å². The zero-order chi connectivity index (χ0) is 31.1. The summed E-state index contributed by atoms with van der Waals surface area (Å²) in [5.74, 6) is -0.133. The summed E-state index contributed by atoms with van der Waals surface area (Å²) in [6.45, 7) is 3.79. The number of hydrazone groups is 1. The SMILES string of the molecule is Cc1cccc(NC(=O)COc2c(Br)cc(/C=N/NC(=O)c3ccc(-c4csc(Nc5ccccc5)n4)cc3)cc2Br)c1C. The maximum absolute atomic E-state index is 12.7. The van der Waals surface area contributed by atoms with Crippen molar-refractivity contribution in [2.24, 2.45) is 5.10 Å². The molecule has 0 aliphatic rings. The van der Waals surface area contributed by atoms with E-state index in [9.17, 15) is 9.59 Å². The minimum atomic E-state index is -0.342. The van der Waals surface area contributed by atoms with Gasteiger partial charge < -0.3 is 15.4 Å². The Balaban J connectivity index is 1.14. The highest BCUT2D eigenvalue weighted by molar-refractivity contribution is 9.11. The molecule has 1 heterocycles. The number of ether oxygens (including phenoxy) is 1. The van der Waals surface area contributed by atoms with Gasteiger partial charge in [-0.25, -0.2) is 10.4 Å². The van der Waals surface area contributed by atoms with Gasteiger partial charge in [-0.3, -0.25) is 9.59 Å². The number of anilines is 3. The van der Waals surface area contributed by atoms with Gasteiger partial charge in [-0.15, -0.1) is 11.3 Å². The first-order valence-corrected chi connectivity index (χ1v) is 15.9. The zero-order valence-corrected chi connectivity index (χ0v) is 27.7. The van der Waals surface area contributed by atoms with Crippen LogP contribution in [0.5, 0.6) is 5.75 Å². The molecule has 0 aliphatic heterocycles. The Kier molecular flexibility index (Phi) is 10.2. The molecule has 11 heteroatoms. The van der Waals surface area contributed by atoms with E-state index in [1.165, 1.54) is 17.6 Å². The van der Waals surface area contributed by atoms with E-state index in [1.807, 2.05) is 79.9 Å². The van der Waals surface area contributed by atoms with Crippen molar-refractivity contribution in [2.75, 3.05) is 17.2 Å². The Hall–Kier alpha value is -4.32. The van der Waals surface area contributed by atoms with Crippen molar-refractivity contribution < 1.29 is 14.3 Å². The molecule has 0 saturated carbocycles. The Morgan fingerprint density at radius 3 is 2.41 bits per heavy atom. The van der Waals surface area contributed by atoms with Gasteiger partial charge in [0.2, 0.25) is 0 Å². The molecule has 0 spiro atoms. The molecule has 5 aromatic rings. The van der Waals surface area contributed by atoms with Crippen LogP contribution in [-0.2, 0) is 4.79 Å². The van der Waals surface area contributed by atoms with Crippen LogP contribution in [0.4, 0.5) is 16.5 Å². The number of nitrogens with one attached hydrogen (secondary N) is 3. The molecule has 0 unspecified atom stereocenters. The first-order valence-electron chi connectivity index (χ1n) is 13.5. The summed E-state index contributed by atoms with van der Waals surface area (Å²) in [6.07, 6.45) is 1.52. The van der Waals surface area contributed by atoms with Crippen molar-refractivity contribution in [3.63, 3.8) is 0 Å². The summed E-state index contributed by atoms with van der Waals surface area (Å²) in [4.78, 5) is 29.8. The number of halogens is 2. The number of thiazole rings is 1. The maximum Gasteiger partial charge on any atom is 0.271 e. The summed E-state index contributed by atoms with van der Waals surface area (Å²) < 4.78 is 7.02. The molecule has 0 bridgehead atoms. The van der Waals surface area contributed by atoms with Crippen LogP contribution < -0.4 is 20.8 Å². The lowest BCUT2D eigenvalue weighted by atomic mass is 10.1. The fourth-order valence-corrected chi connectivity index (χ4v) is 6.32. The monoisotopic (exact) mass is 731 g/mol. The first-order chi connectivity index (χ1) is 21.3. The molecule has 44 heavy (non-hydrogen) atoms. The lowest BCUT2D eigenvalue weighted by Gasteiger charge is -2.13. The van der Waals surface area contributed by atoms with Gasteiger partial charge in [0.1, 0.15) is 5.75 Å². The van der Waals surface area contributed by atoms with E-state index in [-0.39, 0.29) is 18.4 Å². The Labute approximate surface area is 275 Å². The number of carbonyl (C=O) groups excluding carboxylic acids is 2. The number of hydrogen-bond donors (Lipinski definition) is 3. The van der Waals surface area contributed by atoms with Gasteiger partial charge in [0, 0.05) is 27.9 Å². The predicted molar refractivity (Wildman–Crippen MR) is 184 cm³/mol. The number of nitrogens with zero attached hydrogens (tertiary/aromatic N) is 2. The molecule has 0 fully saturated rings. The molecule has 0 atom stereocenters. The van der Waals surface area contributed by atoms with E-state index in [0.29, 0.717) is 25.8 Å². The largest absolute Gasteiger partial charge is 0.481 e. The lowest BCUT2D eigenvalue weighted by Crippen LogP contribution is -2.21. The van der Waals surface area contributed by atoms with Crippen LogP contribution in [0.1, 0.15) is 27.0 Å². The van der Waals surface area contributed by atoms with Crippen molar-refractivity contribution in [1.29, 1.82) is 0 Å². The van der Waals surface area contributed by atoms with Crippen molar-refractivity contribution in [3.8, 4) is 17.0 Å². The molecule has 0 saturated heterocycles. The van der Waals surface area contributed by atoms with E-state index in [2.05, 4.69) is 58.0 Å². The van der Waals surface area contributed by atoms with E-state index < -0.39 is 0 Å². The maximum atomic E-state index is 12.7. The fraction of sp³-hybridized carbons (Fsp3) is 0.0909. The van der Waals surface area contributed by atoms with Crippen molar-refractivity contribution >= 4 is 77.7 Å². The highest BCUT2D eigenvalue weighted by Gasteiger charge is 2.13. The number of carbonyl (C=O) groups is 2. The fourth-order valence-electron chi connectivity index (χ4n) is 4.13. The van der Waals surface area contributed by atoms with Crippen LogP contribution in [0.3, 0.4) is 0 Å². The predicted octanol–water partition coefficient (Wildman–Crippen LogP) is 8.48. The number of amides is 2. The van der Waals surface area contributed by atoms with Crippen LogP contribution in [0, 0.1) is 13.8 Å². The molecule has 5 rings (SSSR count). The number of aromatic nitrogens is 1. The number of aryl methyl sites for hydroxylation is 1. The van der Waals surface area contributed by atoms with Crippen molar-refractivity contribution in [1.82, 2.24) is 10.4 Å². The average molecular weight is 733 g/mol. The molecular weight excluding hydrogens is 706 g/mol. The standard InChI is InChI=1S/C33H27Br2N5O3S/c1-20-7-6-10-28(21(20)2)38-30(41)18-43-31-26(34)15-22(16-27(31)35)17-36-40-32(42)24-13-11-23(12-14-24)29-19-44-33(39-29)37-25-8-4-3-5-9-25/h3-17,19H,18H2,1-2H3,(H,37,39)(H,38,41)(H,40,42)/b36-17+. The average Bonchev–Trinajstić information content (AvgIpc) is 3.48. The molecular formula is C33H27Br2N5O3S. The van der Waals surface area contributed by atoms with Gasteiger partial charge in [-0.1, -0.05) is 42.5 Å². The van der Waals surface area contributed by atoms with Crippen LogP contribution in [-0.4, -0.2) is 29.6 Å². The number of hydrogen-bond acceptors (Lipinski definition) is 7. The summed E-state index contributed by atoms with van der Waals surface area (Å²) in [6, 6.07) is 26.4. The number of rotatable bonds is 10. The summed E-state index contributed by atoms with van der Waals surface area (Å²) in [5, 5.41) is 13.0. The topological polar surface area (TPSA) is 105 Å². The second kappa shape index (κ2) is 14.4. The molecule has 4 aromatic carbocycles. The zero-order valence-electron chi connectivity index (χ0n) is 23.7. The number of benzene rings is 4. The van der Waals surface area contributed by atoms with Crippen LogP contribution in [0.15, 0.2) is 104 Å². The molecule has 222 valence electrons. The summed E-state index contributed by atoms with van der Waals surface area (Å²) >= 11 is 8.50. The van der Waals surface area contributed by atoms with Crippen molar-refractivity contribution in [3.05, 3.63) is 122 Å². The highest BCUT2D eigenvalue weighted by atomic mass is 79.9. The van der Waals surface area contributed by atoms with Gasteiger partial charge in [-0.2, -0.15) is 5.10 Å². The minimum absolute atomic E-state index is 0.166. The Morgan fingerprint density at radius 1 is 0.955 bits per heavy atom. The first kappa shape index (κ1) is 31.1. The molecule has 2 amide bonds. The summed E-state index contributed by atoms with van der Waals surface area (Å²) in [7, 11) is 0.